The second kappa shape index (κ2) is 4.39. The van der Waals surface area contributed by atoms with Gasteiger partial charge in [0.15, 0.2) is 5.79 Å². The summed E-state index contributed by atoms with van der Waals surface area (Å²) in [5, 5.41) is 3.58. The fourth-order valence-electron chi connectivity index (χ4n) is 1.79. The Kier molecular flexibility index (Phi) is 3.37. The van der Waals surface area contributed by atoms with Crippen LogP contribution in [0.5, 0.6) is 0 Å². The molecule has 0 aliphatic carbocycles. The van der Waals surface area contributed by atoms with Gasteiger partial charge in [0.1, 0.15) is 0 Å². The van der Waals surface area contributed by atoms with Crippen LogP contribution in [0.25, 0.3) is 0 Å². The molecule has 0 saturated carbocycles. The van der Waals surface area contributed by atoms with Crippen molar-refractivity contribution in [1.82, 2.24) is 5.32 Å². The first-order valence-corrected chi connectivity index (χ1v) is 6.43. The van der Waals surface area contributed by atoms with Crippen LogP contribution in [0.3, 0.4) is 0 Å². The first kappa shape index (κ1) is 10.7. The van der Waals surface area contributed by atoms with Gasteiger partial charge in [-0.05, 0) is 26.0 Å². The Balaban J connectivity index is 1.72. The molecule has 14 heavy (non-hydrogen) atoms. The molecular formula is C10H19NO2S. The molecule has 2 rings (SSSR count). The lowest BCUT2D eigenvalue weighted by molar-refractivity contribution is -0.253. The number of rotatable bonds is 2. The van der Waals surface area contributed by atoms with Crippen molar-refractivity contribution in [3.05, 3.63) is 0 Å². The molecule has 0 radical (unpaired) electrons. The zero-order valence-corrected chi connectivity index (χ0v) is 9.73. The van der Waals surface area contributed by atoms with Gasteiger partial charge in [-0.2, -0.15) is 11.8 Å². The summed E-state index contributed by atoms with van der Waals surface area (Å²) in [5.74, 6) is 2.14. The summed E-state index contributed by atoms with van der Waals surface area (Å²) in [6.07, 6.45) is 1.28. The van der Waals surface area contributed by atoms with Crippen molar-refractivity contribution >= 4 is 11.8 Å². The summed E-state index contributed by atoms with van der Waals surface area (Å²) in [7, 11) is 0. The molecule has 1 N–H and O–H groups in total. The Morgan fingerprint density at radius 2 is 1.93 bits per heavy atom. The molecule has 2 heterocycles. The van der Waals surface area contributed by atoms with Crippen LogP contribution < -0.4 is 5.32 Å². The zero-order valence-electron chi connectivity index (χ0n) is 8.91. The molecular weight excluding hydrogens is 198 g/mol. The standard InChI is InChI=1S/C10H19NO2S/c1-10(2)12-5-9(6-13-10)11-8-3-4-14-7-8/h8-9,11H,3-7H2,1-2H3. The Bertz CT molecular complexity index is 183. The first-order chi connectivity index (χ1) is 6.66. The number of nitrogens with one attached hydrogen (secondary N) is 1. The highest BCUT2D eigenvalue weighted by Crippen LogP contribution is 2.20. The van der Waals surface area contributed by atoms with Crippen LogP contribution in [0, 0.1) is 0 Å². The summed E-state index contributed by atoms with van der Waals surface area (Å²) in [4.78, 5) is 0. The van der Waals surface area contributed by atoms with Gasteiger partial charge >= 0.3 is 0 Å². The van der Waals surface area contributed by atoms with E-state index in [0.29, 0.717) is 12.1 Å². The number of hydrogen-bond donors (Lipinski definition) is 1. The Morgan fingerprint density at radius 3 is 2.50 bits per heavy atom. The molecule has 0 spiro atoms. The minimum absolute atomic E-state index is 0.381. The smallest absolute Gasteiger partial charge is 0.162 e. The van der Waals surface area contributed by atoms with E-state index in [-0.39, 0.29) is 5.79 Å². The quantitative estimate of drug-likeness (QED) is 0.754. The molecule has 0 bridgehead atoms. The van der Waals surface area contributed by atoms with Crippen molar-refractivity contribution in [2.45, 2.75) is 38.1 Å². The van der Waals surface area contributed by atoms with Crippen LogP contribution in [-0.2, 0) is 9.47 Å². The number of ether oxygens (including phenoxy) is 2. The highest BCUT2D eigenvalue weighted by molar-refractivity contribution is 7.99. The maximum Gasteiger partial charge on any atom is 0.162 e. The largest absolute Gasteiger partial charge is 0.349 e. The fourth-order valence-corrected chi connectivity index (χ4v) is 2.95. The van der Waals surface area contributed by atoms with E-state index in [9.17, 15) is 0 Å². The number of thioether (sulfide) groups is 1. The second-order valence-electron chi connectivity index (χ2n) is 4.45. The minimum Gasteiger partial charge on any atom is -0.349 e. The Morgan fingerprint density at radius 1 is 1.21 bits per heavy atom. The van der Waals surface area contributed by atoms with Crippen LogP contribution in [0.4, 0.5) is 0 Å². The third-order valence-electron chi connectivity index (χ3n) is 2.67. The molecule has 0 amide bonds. The highest BCUT2D eigenvalue weighted by atomic mass is 32.2. The molecule has 82 valence electrons. The van der Waals surface area contributed by atoms with Gasteiger partial charge in [-0.1, -0.05) is 0 Å². The number of hydrogen-bond acceptors (Lipinski definition) is 4. The topological polar surface area (TPSA) is 30.5 Å². The van der Waals surface area contributed by atoms with Gasteiger partial charge in [-0.15, -0.1) is 0 Å². The molecule has 0 aromatic carbocycles. The molecule has 2 fully saturated rings. The average molecular weight is 217 g/mol. The molecule has 2 aliphatic heterocycles. The van der Waals surface area contributed by atoms with Gasteiger partial charge in [0.25, 0.3) is 0 Å². The lowest BCUT2D eigenvalue weighted by atomic mass is 10.2. The maximum atomic E-state index is 5.60. The predicted molar refractivity (Wildman–Crippen MR) is 58.6 cm³/mol. The van der Waals surface area contributed by atoms with Crippen molar-refractivity contribution in [3.63, 3.8) is 0 Å². The molecule has 1 atom stereocenters. The molecule has 3 nitrogen and oxygen atoms in total. The van der Waals surface area contributed by atoms with Crippen LogP contribution in [0.15, 0.2) is 0 Å². The maximum absolute atomic E-state index is 5.60. The first-order valence-electron chi connectivity index (χ1n) is 5.27. The zero-order chi connectivity index (χ0) is 10.0. The SMILES string of the molecule is CC1(C)OCC(NC2CCSC2)CO1. The van der Waals surface area contributed by atoms with Crippen molar-refractivity contribution in [3.8, 4) is 0 Å². The van der Waals surface area contributed by atoms with Crippen molar-refractivity contribution in [2.75, 3.05) is 24.7 Å². The second-order valence-corrected chi connectivity index (χ2v) is 5.60. The minimum atomic E-state index is -0.386. The van der Waals surface area contributed by atoms with E-state index < -0.39 is 0 Å². The van der Waals surface area contributed by atoms with Crippen LogP contribution in [0.2, 0.25) is 0 Å². The van der Waals surface area contributed by atoms with Crippen molar-refractivity contribution in [2.24, 2.45) is 0 Å². The summed E-state index contributed by atoms with van der Waals surface area (Å²) in [5.41, 5.74) is 0. The predicted octanol–water partition coefficient (Wildman–Crippen LogP) is 1.23. The summed E-state index contributed by atoms with van der Waals surface area (Å²) in [6.45, 7) is 5.48. The van der Waals surface area contributed by atoms with Crippen molar-refractivity contribution < 1.29 is 9.47 Å². The van der Waals surface area contributed by atoms with Gasteiger partial charge in [-0.25, -0.2) is 0 Å². The molecule has 2 aliphatic rings. The third-order valence-corrected chi connectivity index (χ3v) is 3.83. The molecule has 0 aromatic rings. The van der Waals surface area contributed by atoms with Crippen LogP contribution in [0.1, 0.15) is 20.3 Å². The summed E-state index contributed by atoms with van der Waals surface area (Å²) in [6, 6.07) is 1.05. The van der Waals surface area contributed by atoms with E-state index in [1.165, 1.54) is 17.9 Å². The van der Waals surface area contributed by atoms with E-state index in [2.05, 4.69) is 5.32 Å². The molecule has 1 unspecified atom stereocenters. The Hall–Kier alpha value is 0.230. The van der Waals surface area contributed by atoms with E-state index in [4.69, 9.17) is 9.47 Å². The van der Waals surface area contributed by atoms with E-state index in [1.807, 2.05) is 25.6 Å². The lowest BCUT2D eigenvalue weighted by Crippen LogP contribution is -2.51. The fraction of sp³-hybridized carbons (Fsp3) is 1.00. The van der Waals surface area contributed by atoms with Gasteiger partial charge in [0.2, 0.25) is 0 Å². The van der Waals surface area contributed by atoms with Gasteiger partial charge in [0.05, 0.1) is 19.3 Å². The van der Waals surface area contributed by atoms with Gasteiger partial charge < -0.3 is 14.8 Å². The summed E-state index contributed by atoms with van der Waals surface area (Å²) < 4.78 is 11.2. The van der Waals surface area contributed by atoms with Gasteiger partial charge in [0, 0.05) is 11.8 Å². The van der Waals surface area contributed by atoms with Crippen LogP contribution >= 0.6 is 11.8 Å². The molecule has 4 heteroatoms. The third kappa shape index (κ3) is 2.86. The van der Waals surface area contributed by atoms with Crippen molar-refractivity contribution in [1.29, 1.82) is 0 Å². The van der Waals surface area contributed by atoms with E-state index in [0.717, 1.165) is 13.2 Å². The average Bonchev–Trinajstić information content (AvgIpc) is 2.61. The summed E-state index contributed by atoms with van der Waals surface area (Å²) >= 11 is 2.03. The highest BCUT2D eigenvalue weighted by Gasteiger charge is 2.29. The normalized spacial score (nSPS) is 33.4. The van der Waals surface area contributed by atoms with Gasteiger partial charge in [-0.3, -0.25) is 0 Å². The van der Waals surface area contributed by atoms with E-state index >= 15 is 0 Å². The van der Waals surface area contributed by atoms with Crippen LogP contribution in [-0.4, -0.2) is 42.6 Å². The monoisotopic (exact) mass is 217 g/mol. The Labute approximate surface area is 89.9 Å². The van der Waals surface area contributed by atoms with E-state index in [1.54, 1.807) is 0 Å². The lowest BCUT2D eigenvalue weighted by Gasteiger charge is -2.36. The molecule has 2 saturated heterocycles. The molecule has 0 aromatic heterocycles.